The largest absolute Gasteiger partial charge is 0.479 e. The molecule has 2 unspecified atom stereocenters. The Morgan fingerprint density at radius 1 is 1.19 bits per heavy atom. The quantitative estimate of drug-likeness (QED) is 0.611. The molecule has 3 rings (SSSR count). The number of hydrogen-bond donors (Lipinski definition) is 2. The predicted octanol–water partition coefficient (Wildman–Crippen LogP) is 1.68. The van der Waals surface area contributed by atoms with E-state index in [2.05, 4.69) is 6.58 Å². The van der Waals surface area contributed by atoms with Crippen LogP contribution in [0.25, 0.3) is 0 Å². The Labute approximate surface area is 149 Å². The molecule has 2 N–H and O–H groups in total. The number of imide groups is 1. The third-order valence-corrected chi connectivity index (χ3v) is 5.19. The van der Waals surface area contributed by atoms with Crippen LogP contribution >= 0.6 is 0 Å². The second-order valence-electron chi connectivity index (χ2n) is 6.42. The molecular formula is C18H18N2O6. The third kappa shape index (κ3) is 2.37. The smallest absolute Gasteiger partial charge is 0.408 e. The highest BCUT2D eigenvalue weighted by molar-refractivity contribution is 6.21. The fourth-order valence-electron chi connectivity index (χ4n) is 3.92. The van der Waals surface area contributed by atoms with Crippen LogP contribution < -0.4 is 0 Å². The van der Waals surface area contributed by atoms with Crippen LogP contribution in [0.3, 0.4) is 0 Å². The lowest BCUT2D eigenvalue weighted by atomic mass is 9.81. The molecule has 0 aliphatic carbocycles. The highest BCUT2D eigenvalue weighted by Gasteiger charge is 2.59. The lowest BCUT2D eigenvalue weighted by Crippen LogP contribution is -2.62. The van der Waals surface area contributed by atoms with Crippen molar-refractivity contribution < 1.29 is 29.4 Å². The molecule has 3 amide bonds. The summed E-state index contributed by atoms with van der Waals surface area (Å²) in [7, 11) is 0. The van der Waals surface area contributed by atoms with Crippen molar-refractivity contribution in [3.63, 3.8) is 0 Å². The second kappa shape index (κ2) is 6.29. The number of carboxylic acids is 1. The zero-order valence-electron chi connectivity index (χ0n) is 13.9. The van der Waals surface area contributed by atoms with Crippen molar-refractivity contribution in [1.29, 1.82) is 0 Å². The monoisotopic (exact) mass is 358 g/mol. The van der Waals surface area contributed by atoms with Crippen molar-refractivity contribution in [2.45, 2.75) is 18.4 Å². The Hall–Kier alpha value is -3.16. The Kier molecular flexibility index (Phi) is 4.27. The van der Waals surface area contributed by atoms with Crippen LogP contribution in [-0.4, -0.2) is 62.5 Å². The van der Waals surface area contributed by atoms with Crippen molar-refractivity contribution >= 4 is 23.9 Å². The Balaban J connectivity index is 2.04. The van der Waals surface area contributed by atoms with Crippen molar-refractivity contribution in [3.05, 3.63) is 48.0 Å². The van der Waals surface area contributed by atoms with Crippen molar-refractivity contribution in [2.24, 2.45) is 5.92 Å². The van der Waals surface area contributed by atoms with E-state index in [1.165, 1.54) is 18.2 Å². The van der Waals surface area contributed by atoms with Crippen LogP contribution in [-0.2, 0) is 4.79 Å². The predicted molar refractivity (Wildman–Crippen MR) is 89.8 cm³/mol. The van der Waals surface area contributed by atoms with Gasteiger partial charge in [-0.3, -0.25) is 19.4 Å². The summed E-state index contributed by atoms with van der Waals surface area (Å²) in [5, 5.41) is 19.5. The maximum Gasteiger partial charge on any atom is 0.408 e. The van der Waals surface area contributed by atoms with E-state index in [0.717, 1.165) is 9.80 Å². The van der Waals surface area contributed by atoms with Crippen LogP contribution in [0.1, 0.15) is 33.6 Å². The molecule has 0 saturated carbocycles. The standard InChI is InChI=1S/C18H18N2O6/c1-2-5-11-8-9-20(17(25)26)18(11,16(23)24)10-19-14(21)12-6-3-4-7-13(12)15(19)22/h2-4,6-7,11H,1,5,8-10H2,(H,23,24)(H,25,26). The second-order valence-corrected chi connectivity index (χ2v) is 6.42. The van der Waals surface area contributed by atoms with Crippen LogP contribution in [0.2, 0.25) is 0 Å². The summed E-state index contributed by atoms with van der Waals surface area (Å²) in [5.41, 5.74) is -1.51. The van der Waals surface area contributed by atoms with Gasteiger partial charge in [-0.15, -0.1) is 6.58 Å². The summed E-state index contributed by atoms with van der Waals surface area (Å²) in [6.45, 7) is 3.10. The average Bonchev–Trinajstić information content (AvgIpc) is 3.08. The first-order valence-corrected chi connectivity index (χ1v) is 8.14. The molecule has 0 aromatic heterocycles. The molecule has 8 heteroatoms. The molecule has 0 spiro atoms. The van der Waals surface area contributed by atoms with Gasteiger partial charge in [0.05, 0.1) is 17.7 Å². The molecular weight excluding hydrogens is 340 g/mol. The van der Waals surface area contributed by atoms with Gasteiger partial charge in [-0.25, -0.2) is 9.59 Å². The van der Waals surface area contributed by atoms with E-state index in [1.54, 1.807) is 12.1 Å². The fraction of sp³-hybridized carbons (Fsp3) is 0.333. The molecule has 26 heavy (non-hydrogen) atoms. The maximum absolute atomic E-state index is 12.6. The van der Waals surface area contributed by atoms with E-state index in [9.17, 15) is 29.4 Å². The van der Waals surface area contributed by atoms with Crippen molar-refractivity contribution in [1.82, 2.24) is 9.80 Å². The molecule has 1 aromatic rings. The lowest BCUT2D eigenvalue weighted by Gasteiger charge is -2.38. The zero-order valence-corrected chi connectivity index (χ0v) is 13.9. The average molecular weight is 358 g/mol. The van der Waals surface area contributed by atoms with Gasteiger partial charge in [0.15, 0.2) is 5.54 Å². The number of carbonyl (C=O) groups excluding carboxylic acids is 2. The van der Waals surface area contributed by atoms with E-state index < -0.39 is 41.9 Å². The number of likely N-dealkylation sites (tertiary alicyclic amines) is 1. The summed E-state index contributed by atoms with van der Waals surface area (Å²) in [6.07, 6.45) is 0.707. The summed E-state index contributed by atoms with van der Waals surface area (Å²) >= 11 is 0. The minimum absolute atomic E-state index is 0.0172. The van der Waals surface area contributed by atoms with E-state index in [0.29, 0.717) is 6.42 Å². The molecule has 1 fully saturated rings. The summed E-state index contributed by atoms with van der Waals surface area (Å²) in [6, 6.07) is 6.21. The number of aliphatic carboxylic acids is 1. The Bertz CT molecular complexity index is 785. The van der Waals surface area contributed by atoms with Gasteiger partial charge in [0.25, 0.3) is 11.8 Å². The summed E-state index contributed by atoms with van der Waals surface area (Å²) < 4.78 is 0. The number of amides is 3. The zero-order chi connectivity index (χ0) is 19.1. The van der Waals surface area contributed by atoms with E-state index in [1.807, 2.05) is 0 Å². The SMILES string of the molecule is C=CCC1CCN(C(=O)O)C1(CN1C(=O)c2ccccc2C1=O)C(=O)O. The number of fused-ring (bicyclic) bond motifs is 1. The van der Waals surface area contributed by atoms with E-state index >= 15 is 0 Å². The molecule has 2 atom stereocenters. The number of hydrogen-bond acceptors (Lipinski definition) is 4. The molecule has 0 radical (unpaired) electrons. The first-order valence-electron chi connectivity index (χ1n) is 8.14. The topological polar surface area (TPSA) is 115 Å². The number of carbonyl (C=O) groups is 4. The van der Waals surface area contributed by atoms with Crippen molar-refractivity contribution in [2.75, 3.05) is 13.1 Å². The van der Waals surface area contributed by atoms with Gasteiger partial charge in [0, 0.05) is 12.5 Å². The highest BCUT2D eigenvalue weighted by Crippen LogP contribution is 2.40. The molecule has 0 bridgehead atoms. The molecule has 2 aliphatic heterocycles. The molecule has 8 nitrogen and oxygen atoms in total. The van der Waals surface area contributed by atoms with Crippen LogP contribution in [0, 0.1) is 5.92 Å². The lowest BCUT2D eigenvalue weighted by molar-refractivity contribution is -0.151. The van der Waals surface area contributed by atoms with Gasteiger partial charge in [-0.2, -0.15) is 0 Å². The minimum Gasteiger partial charge on any atom is -0.479 e. The number of benzene rings is 1. The van der Waals surface area contributed by atoms with Crippen LogP contribution in [0.15, 0.2) is 36.9 Å². The fourth-order valence-corrected chi connectivity index (χ4v) is 3.92. The summed E-state index contributed by atoms with van der Waals surface area (Å²) in [5.74, 6) is -3.18. The van der Waals surface area contributed by atoms with E-state index in [4.69, 9.17) is 0 Å². The first kappa shape index (κ1) is 17.7. The number of carboxylic acid groups (broad SMARTS) is 2. The minimum atomic E-state index is -1.90. The van der Waals surface area contributed by atoms with Crippen LogP contribution in [0.4, 0.5) is 4.79 Å². The molecule has 2 aliphatic rings. The third-order valence-electron chi connectivity index (χ3n) is 5.19. The normalized spacial score (nSPS) is 24.7. The summed E-state index contributed by atoms with van der Waals surface area (Å²) in [4.78, 5) is 50.8. The van der Waals surface area contributed by atoms with Gasteiger partial charge in [0.1, 0.15) is 0 Å². The molecule has 136 valence electrons. The Morgan fingerprint density at radius 2 is 1.77 bits per heavy atom. The first-order chi connectivity index (χ1) is 12.3. The van der Waals surface area contributed by atoms with Crippen molar-refractivity contribution in [3.8, 4) is 0 Å². The maximum atomic E-state index is 12.6. The number of rotatable bonds is 5. The van der Waals surface area contributed by atoms with Gasteiger partial charge >= 0.3 is 12.1 Å². The van der Waals surface area contributed by atoms with Crippen LogP contribution in [0.5, 0.6) is 0 Å². The molecule has 2 heterocycles. The number of nitrogens with zero attached hydrogens (tertiary/aromatic N) is 2. The van der Waals surface area contributed by atoms with Gasteiger partial charge in [0.2, 0.25) is 0 Å². The van der Waals surface area contributed by atoms with Gasteiger partial charge in [-0.1, -0.05) is 18.2 Å². The Morgan fingerprint density at radius 3 is 2.23 bits per heavy atom. The van der Waals surface area contributed by atoms with E-state index in [-0.39, 0.29) is 24.1 Å². The molecule has 1 saturated heterocycles. The molecule has 1 aromatic carbocycles. The highest BCUT2D eigenvalue weighted by atomic mass is 16.4. The number of allylic oxidation sites excluding steroid dienone is 1. The van der Waals surface area contributed by atoms with Gasteiger partial charge in [-0.05, 0) is 25.0 Å². The van der Waals surface area contributed by atoms with Gasteiger partial charge < -0.3 is 10.2 Å².